The Morgan fingerprint density at radius 3 is 2.65 bits per heavy atom. The first-order chi connectivity index (χ1) is 9.47. The van der Waals surface area contributed by atoms with Crippen LogP contribution in [-0.4, -0.2) is 11.1 Å². The van der Waals surface area contributed by atoms with E-state index in [1.807, 2.05) is 0 Å². The van der Waals surface area contributed by atoms with Crippen molar-refractivity contribution in [3.8, 4) is 5.75 Å². The van der Waals surface area contributed by atoms with E-state index in [1.54, 1.807) is 25.1 Å². The molecule has 0 atom stereocenters. The summed E-state index contributed by atoms with van der Waals surface area (Å²) >= 11 is 3.27. The van der Waals surface area contributed by atoms with E-state index in [4.69, 9.17) is 9.84 Å². The van der Waals surface area contributed by atoms with Gasteiger partial charge < -0.3 is 9.84 Å². The quantitative estimate of drug-likeness (QED) is 0.909. The van der Waals surface area contributed by atoms with Gasteiger partial charge in [-0.1, -0.05) is 22.0 Å². The Bertz CT molecular complexity index is 656. The summed E-state index contributed by atoms with van der Waals surface area (Å²) in [5, 5.41) is 8.94. The summed E-state index contributed by atoms with van der Waals surface area (Å²) in [5.74, 6) is -0.707. The van der Waals surface area contributed by atoms with Crippen molar-refractivity contribution in [2.45, 2.75) is 13.5 Å². The molecule has 2 aromatic rings. The molecule has 0 aromatic heterocycles. The van der Waals surface area contributed by atoms with Crippen LogP contribution in [0.2, 0.25) is 0 Å². The normalized spacial score (nSPS) is 10.3. The van der Waals surface area contributed by atoms with E-state index in [-0.39, 0.29) is 18.0 Å². The molecule has 0 aliphatic heterocycles. The summed E-state index contributed by atoms with van der Waals surface area (Å²) in [4.78, 5) is 10.9. The summed E-state index contributed by atoms with van der Waals surface area (Å²) in [6.07, 6.45) is 0. The fourth-order valence-electron chi connectivity index (χ4n) is 1.77. The summed E-state index contributed by atoms with van der Waals surface area (Å²) in [6.45, 7) is 1.98. The van der Waals surface area contributed by atoms with Crippen molar-refractivity contribution < 1.29 is 19.0 Å². The van der Waals surface area contributed by atoms with E-state index in [1.165, 1.54) is 18.2 Å². The lowest BCUT2D eigenvalue weighted by atomic mass is 10.1. The molecule has 0 radical (unpaired) electrons. The third kappa shape index (κ3) is 3.36. The predicted octanol–water partition coefficient (Wildman–Crippen LogP) is 4.17. The minimum atomic E-state index is -0.963. The van der Waals surface area contributed by atoms with Crippen molar-refractivity contribution >= 4 is 21.9 Å². The summed E-state index contributed by atoms with van der Waals surface area (Å²) in [5.41, 5.74) is 1.69. The van der Waals surface area contributed by atoms with Gasteiger partial charge >= 0.3 is 5.97 Å². The molecule has 104 valence electrons. The first-order valence-corrected chi connectivity index (χ1v) is 6.67. The number of halogens is 2. The van der Waals surface area contributed by atoms with Crippen LogP contribution in [0.25, 0.3) is 0 Å². The number of carbonyl (C=O) groups is 1. The second-order valence-electron chi connectivity index (χ2n) is 4.31. The molecule has 1 N–H and O–H groups in total. The van der Waals surface area contributed by atoms with Crippen molar-refractivity contribution in [1.29, 1.82) is 0 Å². The van der Waals surface area contributed by atoms with Crippen LogP contribution in [0.1, 0.15) is 21.5 Å². The number of aryl methyl sites for hydroxylation is 1. The van der Waals surface area contributed by atoms with E-state index in [2.05, 4.69) is 15.9 Å². The maximum absolute atomic E-state index is 13.0. The average Bonchev–Trinajstić information content (AvgIpc) is 2.37. The van der Waals surface area contributed by atoms with E-state index >= 15 is 0 Å². The molecule has 2 aromatic carbocycles. The number of carboxylic acid groups (broad SMARTS) is 1. The first kappa shape index (κ1) is 14.5. The van der Waals surface area contributed by atoms with Crippen LogP contribution in [0.15, 0.2) is 40.9 Å². The Hall–Kier alpha value is -1.88. The van der Waals surface area contributed by atoms with Crippen molar-refractivity contribution in [1.82, 2.24) is 0 Å². The lowest BCUT2D eigenvalue weighted by Crippen LogP contribution is -2.01. The van der Waals surface area contributed by atoms with Crippen molar-refractivity contribution in [3.05, 3.63) is 63.4 Å². The molecule has 0 aliphatic rings. The molecule has 0 heterocycles. The molecule has 0 aliphatic carbocycles. The van der Waals surface area contributed by atoms with Crippen LogP contribution >= 0.6 is 15.9 Å². The highest BCUT2D eigenvalue weighted by Crippen LogP contribution is 2.22. The van der Waals surface area contributed by atoms with Crippen LogP contribution in [0, 0.1) is 12.7 Å². The molecule has 20 heavy (non-hydrogen) atoms. The van der Waals surface area contributed by atoms with E-state index in [0.29, 0.717) is 15.8 Å². The lowest BCUT2D eigenvalue weighted by Gasteiger charge is -2.09. The molecule has 3 nitrogen and oxygen atoms in total. The predicted molar refractivity (Wildman–Crippen MR) is 76.6 cm³/mol. The van der Waals surface area contributed by atoms with Crippen molar-refractivity contribution in [2.24, 2.45) is 0 Å². The SMILES string of the molecule is Cc1cc(OCc2ccc(F)cc2Br)ccc1C(=O)O. The van der Waals surface area contributed by atoms with Gasteiger partial charge in [0.2, 0.25) is 0 Å². The Morgan fingerprint density at radius 1 is 1.30 bits per heavy atom. The van der Waals surface area contributed by atoms with Crippen LogP contribution in [0.5, 0.6) is 5.75 Å². The number of aromatic carboxylic acids is 1. The van der Waals surface area contributed by atoms with E-state index in [9.17, 15) is 9.18 Å². The van der Waals surface area contributed by atoms with Crippen LogP contribution in [-0.2, 0) is 6.61 Å². The van der Waals surface area contributed by atoms with Crippen LogP contribution < -0.4 is 4.74 Å². The number of benzene rings is 2. The Kier molecular flexibility index (Phi) is 4.39. The number of hydrogen-bond acceptors (Lipinski definition) is 2. The molecule has 2 rings (SSSR count). The maximum atomic E-state index is 13.0. The topological polar surface area (TPSA) is 46.5 Å². The van der Waals surface area contributed by atoms with Gasteiger partial charge in [0.05, 0.1) is 5.56 Å². The number of hydrogen-bond donors (Lipinski definition) is 1. The molecule has 0 bridgehead atoms. The first-order valence-electron chi connectivity index (χ1n) is 5.88. The molecular formula is C15H12BrFO3. The van der Waals surface area contributed by atoms with Crippen molar-refractivity contribution in [2.75, 3.05) is 0 Å². The second-order valence-corrected chi connectivity index (χ2v) is 5.16. The van der Waals surface area contributed by atoms with Crippen LogP contribution in [0.4, 0.5) is 4.39 Å². The zero-order valence-electron chi connectivity index (χ0n) is 10.7. The zero-order chi connectivity index (χ0) is 14.7. The third-order valence-electron chi connectivity index (χ3n) is 2.84. The standard InChI is InChI=1S/C15H12BrFO3/c1-9-6-12(4-5-13(9)15(18)19)20-8-10-2-3-11(17)7-14(10)16/h2-7H,8H2,1H3,(H,18,19). The van der Waals surface area contributed by atoms with Gasteiger partial charge in [-0.15, -0.1) is 0 Å². The molecule has 0 amide bonds. The fraction of sp³-hybridized carbons (Fsp3) is 0.133. The number of carboxylic acids is 1. The van der Waals surface area contributed by atoms with Crippen molar-refractivity contribution in [3.63, 3.8) is 0 Å². The molecule has 0 fully saturated rings. The summed E-state index contributed by atoms with van der Waals surface area (Å²) in [6, 6.07) is 9.15. The molecule has 5 heteroatoms. The Labute approximate surface area is 124 Å². The van der Waals surface area contributed by atoms with Gasteiger partial charge in [-0.2, -0.15) is 0 Å². The molecule has 0 unspecified atom stereocenters. The van der Waals surface area contributed by atoms with Gasteiger partial charge in [0.25, 0.3) is 0 Å². The highest BCUT2D eigenvalue weighted by atomic mass is 79.9. The zero-order valence-corrected chi connectivity index (χ0v) is 12.3. The second kappa shape index (κ2) is 6.05. The van der Waals surface area contributed by atoms with E-state index < -0.39 is 5.97 Å². The monoisotopic (exact) mass is 338 g/mol. The van der Waals surface area contributed by atoms with Gasteiger partial charge in [0, 0.05) is 10.0 Å². The molecule has 0 spiro atoms. The van der Waals surface area contributed by atoms with Gasteiger partial charge in [0.1, 0.15) is 18.2 Å². The van der Waals surface area contributed by atoms with Gasteiger partial charge in [-0.05, 0) is 42.8 Å². The largest absolute Gasteiger partial charge is 0.489 e. The molecular weight excluding hydrogens is 327 g/mol. The van der Waals surface area contributed by atoms with Gasteiger partial charge in [0.15, 0.2) is 0 Å². The average molecular weight is 339 g/mol. The lowest BCUT2D eigenvalue weighted by molar-refractivity contribution is 0.0696. The summed E-state index contributed by atoms with van der Waals surface area (Å²) in [7, 11) is 0. The maximum Gasteiger partial charge on any atom is 0.335 e. The minimum absolute atomic E-state index is 0.250. The van der Waals surface area contributed by atoms with E-state index in [0.717, 1.165) is 5.56 Å². The van der Waals surface area contributed by atoms with Gasteiger partial charge in [-0.25, -0.2) is 9.18 Å². The Morgan fingerprint density at radius 2 is 2.05 bits per heavy atom. The minimum Gasteiger partial charge on any atom is -0.489 e. The third-order valence-corrected chi connectivity index (χ3v) is 3.58. The number of ether oxygens (including phenoxy) is 1. The highest BCUT2D eigenvalue weighted by molar-refractivity contribution is 9.10. The van der Waals surface area contributed by atoms with Crippen LogP contribution in [0.3, 0.4) is 0 Å². The highest BCUT2D eigenvalue weighted by Gasteiger charge is 2.08. The smallest absolute Gasteiger partial charge is 0.335 e. The van der Waals surface area contributed by atoms with Gasteiger partial charge in [-0.3, -0.25) is 0 Å². The fourth-order valence-corrected chi connectivity index (χ4v) is 2.23. The summed E-state index contributed by atoms with van der Waals surface area (Å²) < 4.78 is 19.2. The number of rotatable bonds is 4. The molecule has 0 saturated carbocycles. The molecule has 0 saturated heterocycles. The Balaban J connectivity index is 2.11.